The molecular weight excluding hydrogens is 438 g/mol. The monoisotopic (exact) mass is 459 g/mol. The first-order valence-corrected chi connectivity index (χ1v) is 11.4. The molecule has 0 atom stereocenters. The molecule has 0 aliphatic rings. The number of furan rings is 1. The van der Waals surface area contributed by atoms with Gasteiger partial charge in [0.1, 0.15) is 5.75 Å². The van der Waals surface area contributed by atoms with Crippen LogP contribution in [0.15, 0.2) is 87.1 Å². The van der Waals surface area contributed by atoms with Crippen molar-refractivity contribution in [1.29, 1.82) is 0 Å². The molecule has 166 valence electrons. The van der Waals surface area contributed by atoms with E-state index in [-0.39, 0.29) is 0 Å². The van der Waals surface area contributed by atoms with Gasteiger partial charge in [-0.3, -0.25) is 0 Å². The molecule has 0 aliphatic heterocycles. The number of methoxy groups -OCH3 is 1. The van der Waals surface area contributed by atoms with Gasteiger partial charge in [-0.2, -0.15) is 4.98 Å². The van der Waals surface area contributed by atoms with Crippen LogP contribution in [0.25, 0.3) is 23.0 Å². The Morgan fingerprint density at radius 1 is 0.970 bits per heavy atom. The molecule has 0 unspecified atom stereocenters. The van der Waals surface area contributed by atoms with Gasteiger partial charge in [-0.1, -0.05) is 59.4 Å². The molecule has 0 bridgehead atoms. The molecule has 33 heavy (non-hydrogen) atoms. The number of rotatable bonds is 9. The Kier molecular flexibility index (Phi) is 6.21. The van der Waals surface area contributed by atoms with E-state index in [2.05, 4.69) is 37.0 Å². The van der Waals surface area contributed by atoms with Crippen LogP contribution in [0, 0.1) is 0 Å². The number of hydrogen-bond donors (Lipinski definition) is 0. The second-order valence-electron chi connectivity index (χ2n) is 7.17. The molecule has 0 fully saturated rings. The number of aromatic nitrogens is 5. The lowest BCUT2D eigenvalue weighted by Crippen LogP contribution is -2.06. The fraction of sp³-hybridized carbons (Fsp3) is 0.167. The first kappa shape index (κ1) is 21.0. The Balaban J connectivity index is 1.40. The molecule has 0 radical (unpaired) electrons. The van der Waals surface area contributed by atoms with Crippen LogP contribution in [0.3, 0.4) is 0 Å². The van der Waals surface area contributed by atoms with E-state index >= 15 is 0 Å². The van der Waals surface area contributed by atoms with Crippen LogP contribution in [0.4, 0.5) is 0 Å². The lowest BCUT2D eigenvalue weighted by Gasteiger charge is -2.12. The molecule has 0 saturated carbocycles. The van der Waals surface area contributed by atoms with E-state index in [4.69, 9.17) is 13.7 Å². The highest BCUT2D eigenvalue weighted by Crippen LogP contribution is 2.32. The van der Waals surface area contributed by atoms with Gasteiger partial charge in [0, 0.05) is 6.54 Å². The third-order valence-corrected chi connectivity index (χ3v) is 6.02. The Hall–Kier alpha value is -3.85. The molecule has 8 nitrogen and oxygen atoms in total. The van der Waals surface area contributed by atoms with Crippen molar-refractivity contribution in [3.05, 3.63) is 84.4 Å². The molecule has 3 aromatic heterocycles. The Morgan fingerprint density at radius 2 is 1.82 bits per heavy atom. The lowest BCUT2D eigenvalue weighted by atomic mass is 10.1. The van der Waals surface area contributed by atoms with Crippen molar-refractivity contribution in [2.24, 2.45) is 0 Å². The normalized spacial score (nSPS) is 11.1. The van der Waals surface area contributed by atoms with Crippen LogP contribution in [-0.4, -0.2) is 32.0 Å². The van der Waals surface area contributed by atoms with Crippen molar-refractivity contribution in [3.8, 4) is 28.7 Å². The molecule has 0 aliphatic carbocycles. The van der Waals surface area contributed by atoms with E-state index in [0.717, 1.165) is 28.7 Å². The summed E-state index contributed by atoms with van der Waals surface area (Å²) in [6.07, 6.45) is 2.42. The fourth-order valence-electron chi connectivity index (χ4n) is 3.46. The SMILES string of the molecule is COc1ccccc1-c1nnc(SCc2nc(-c3ccco3)no2)n1CCc1ccccc1. The zero-order valence-electron chi connectivity index (χ0n) is 17.9. The molecular formula is C24H21N5O3S. The smallest absolute Gasteiger partial charge is 0.238 e. The van der Waals surface area contributed by atoms with Crippen molar-refractivity contribution >= 4 is 11.8 Å². The van der Waals surface area contributed by atoms with Crippen molar-refractivity contribution in [3.63, 3.8) is 0 Å². The highest BCUT2D eigenvalue weighted by atomic mass is 32.2. The summed E-state index contributed by atoms with van der Waals surface area (Å²) >= 11 is 1.50. The Morgan fingerprint density at radius 3 is 2.64 bits per heavy atom. The zero-order chi connectivity index (χ0) is 22.5. The molecule has 9 heteroatoms. The average Bonchev–Trinajstić information content (AvgIpc) is 3.63. The number of nitrogens with zero attached hydrogens (tertiary/aromatic N) is 5. The maximum Gasteiger partial charge on any atom is 0.238 e. The van der Waals surface area contributed by atoms with Gasteiger partial charge in [-0.25, -0.2) is 0 Å². The van der Waals surface area contributed by atoms with Crippen LogP contribution in [0.2, 0.25) is 0 Å². The predicted octanol–water partition coefficient (Wildman–Crippen LogP) is 5.13. The highest BCUT2D eigenvalue weighted by molar-refractivity contribution is 7.98. The molecule has 5 aromatic rings. The van der Waals surface area contributed by atoms with E-state index in [9.17, 15) is 0 Å². The quantitative estimate of drug-likeness (QED) is 0.280. The summed E-state index contributed by atoms with van der Waals surface area (Å²) in [7, 11) is 1.66. The van der Waals surface area contributed by atoms with Gasteiger partial charge in [-0.05, 0) is 36.2 Å². The van der Waals surface area contributed by atoms with E-state index in [0.29, 0.717) is 29.8 Å². The minimum atomic E-state index is 0.427. The summed E-state index contributed by atoms with van der Waals surface area (Å²) in [5.41, 5.74) is 2.14. The van der Waals surface area contributed by atoms with Gasteiger partial charge < -0.3 is 18.2 Å². The summed E-state index contributed by atoms with van der Waals surface area (Å²) in [4.78, 5) is 4.41. The van der Waals surface area contributed by atoms with Crippen molar-refractivity contribution < 1.29 is 13.7 Å². The highest BCUT2D eigenvalue weighted by Gasteiger charge is 2.19. The fourth-order valence-corrected chi connectivity index (χ4v) is 4.26. The van der Waals surface area contributed by atoms with Crippen molar-refractivity contribution in [2.45, 2.75) is 23.9 Å². The third kappa shape index (κ3) is 4.68. The van der Waals surface area contributed by atoms with Crippen molar-refractivity contribution in [2.75, 3.05) is 7.11 Å². The first-order valence-electron chi connectivity index (χ1n) is 10.4. The number of hydrogen-bond acceptors (Lipinski definition) is 8. The Bertz CT molecular complexity index is 1320. The molecule has 5 rings (SSSR count). The first-order chi connectivity index (χ1) is 16.3. The summed E-state index contributed by atoms with van der Waals surface area (Å²) in [6.45, 7) is 0.716. The summed E-state index contributed by atoms with van der Waals surface area (Å²) in [6, 6.07) is 21.8. The second kappa shape index (κ2) is 9.74. The van der Waals surface area contributed by atoms with Crippen LogP contribution < -0.4 is 4.74 Å². The third-order valence-electron chi connectivity index (χ3n) is 5.07. The van der Waals surface area contributed by atoms with Crippen LogP contribution >= 0.6 is 11.8 Å². The number of ether oxygens (including phenoxy) is 1. The van der Waals surface area contributed by atoms with E-state index in [1.165, 1.54) is 17.3 Å². The molecule has 3 heterocycles. The lowest BCUT2D eigenvalue weighted by molar-refractivity contribution is 0.390. The van der Waals surface area contributed by atoms with Crippen LogP contribution in [-0.2, 0) is 18.7 Å². The van der Waals surface area contributed by atoms with Gasteiger partial charge in [0.2, 0.25) is 11.7 Å². The molecule has 2 aromatic carbocycles. The second-order valence-corrected chi connectivity index (χ2v) is 8.11. The van der Waals surface area contributed by atoms with Gasteiger partial charge in [0.25, 0.3) is 0 Å². The number of aryl methyl sites for hydroxylation is 1. The maximum atomic E-state index is 5.56. The predicted molar refractivity (Wildman–Crippen MR) is 124 cm³/mol. The summed E-state index contributed by atoms with van der Waals surface area (Å²) < 4.78 is 18.4. The number of para-hydroxylation sites is 1. The summed E-state index contributed by atoms with van der Waals surface area (Å²) in [5, 5.41) is 13.7. The molecule has 0 amide bonds. The van der Waals surface area contributed by atoms with Crippen LogP contribution in [0.5, 0.6) is 5.75 Å². The average molecular weight is 460 g/mol. The number of benzene rings is 2. The van der Waals surface area contributed by atoms with Gasteiger partial charge in [-0.15, -0.1) is 10.2 Å². The van der Waals surface area contributed by atoms with Gasteiger partial charge >= 0.3 is 0 Å². The Labute approximate surface area is 194 Å². The largest absolute Gasteiger partial charge is 0.496 e. The van der Waals surface area contributed by atoms with Crippen LogP contribution in [0.1, 0.15) is 11.5 Å². The number of thioether (sulfide) groups is 1. The molecule has 0 spiro atoms. The molecule has 0 saturated heterocycles. The summed E-state index contributed by atoms with van der Waals surface area (Å²) in [5.74, 6) is 3.46. The maximum absolute atomic E-state index is 5.56. The van der Waals surface area contributed by atoms with Gasteiger partial charge in [0.05, 0.1) is 24.7 Å². The van der Waals surface area contributed by atoms with E-state index in [1.807, 2.05) is 42.5 Å². The van der Waals surface area contributed by atoms with Crippen molar-refractivity contribution in [1.82, 2.24) is 24.9 Å². The minimum absolute atomic E-state index is 0.427. The topological polar surface area (TPSA) is 92.0 Å². The minimum Gasteiger partial charge on any atom is -0.496 e. The standard InChI is InChI=1S/C24H21N5O3S/c1-30-19-11-6-5-10-18(19)23-26-27-24(29(23)14-13-17-8-3-2-4-9-17)33-16-21-25-22(28-32-21)20-12-7-15-31-20/h2-12,15H,13-14,16H2,1H3. The van der Waals surface area contributed by atoms with E-state index < -0.39 is 0 Å². The zero-order valence-corrected chi connectivity index (χ0v) is 18.7. The van der Waals surface area contributed by atoms with E-state index in [1.54, 1.807) is 25.5 Å². The van der Waals surface area contributed by atoms with Gasteiger partial charge in [0.15, 0.2) is 16.7 Å². The molecule has 0 N–H and O–H groups in total.